The zero-order valence-corrected chi connectivity index (χ0v) is 57.8. The molecule has 22 nitrogen and oxygen atoms in total. The van der Waals surface area contributed by atoms with E-state index in [4.69, 9.17) is 28.4 Å². The van der Waals surface area contributed by atoms with Gasteiger partial charge in [0.25, 0.3) is 0 Å². The third-order valence-corrected chi connectivity index (χ3v) is 19.3. The lowest BCUT2D eigenvalue weighted by molar-refractivity contribution is -0.152. The van der Waals surface area contributed by atoms with Crippen LogP contribution in [0, 0.1) is 23.7 Å². The molecule has 0 aromatic heterocycles. The number of hydrogen-bond acceptors (Lipinski definition) is 20. The molecule has 92 heavy (non-hydrogen) atoms. The van der Waals surface area contributed by atoms with Gasteiger partial charge in [0.2, 0.25) is 0 Å². The average Bonchev–Trinajstić information content (AvgIpc) is 1.61. The van der Waals surface area contributed by atoms with Gasteiger partial charge >= 0.3 is 24.1 Å². The molecule has 524 valence electrons. The Morgan fingerprint density at radius 1 is 0.641 bits per heavy atom. The zero-order valence-electron chi connectivity index (χ0n) is 57.8. The van der Waals surface area contributed by atoms with Gasteiger partial charge in [-0.1, -0.05) is 90.2 Å². The molecule has 0 radical (unpaired) electrons. The van der Waals surface area contributed by atoms with Crippen molar-refractivity contribution in [1.29, 1.82) is 0 Å². The molecule has 6 aliphatic heterocycles. The van der Waals surface area contributed by atoms with Crippen molar-refractivity contribution in [3.05, 3.63) is 71.9 Å². The minimum absolute atomic E-state index is 0.00985. The third kappa shape index (κ3) is 24.6. The van der Waals surface area contributed by atoms with E-state index < -0.39 is 95.4 Å². The SMILES string of the molecule is CCC(O)C(C)C1OC1CC(C)(O)/C=C/C=C(\C)C1OC(=O)CC(O)CCC(C)(O)C(OC(=O)N2CCN(C(C)C)CC2)/C=C/C1C.CCC(O)C(C)C1OC1CC(C)(O)/C=C/C=C(\C)C1OC(=O)CC(O)CCC(C)(O)C(OC(=O)N2CCN(C)CC2)/C=C/C1C. The van der Waals surface area contributed by atoms with Gasteiger partial charge in [0.05, 0.1) is 72.9 Å². The highest BCUT2D eigenvalue weighted by molar-refractivity contribution is 5.71. The summed E-state index contributed by atoms with van der Waals surface area (Å²) in [6.45, 7) is 31.0. The first-order valence-corrected chi connectivity index (χ1v) is 33.7. The molecule has 6 heterocycles. The molecule has 0 bridgehead atoms. The molecule has 0 aromatic rings. The normalized spacial score (nSPS) is 35.4. The van der Waals surface area contributed by atoms with Gasteiger partial charge in [0.15, 0.2) is 12.2 Å². The van der Waals surface area contributed by atoms with Gasteiger partial charge in [-0.2, -0.15) is 0 Å². The number of epoxide rings is 2. The Bertz CT molecular complexity index is 2550. The number of nitrogens with zero attached hydrogens (tertiary/aromatic N) is 4. The maximum absolute atomic E-state index is 13.2. The smallest absolute Gasteiger partial charge is 0.410 e. The van der Waals surface area contributed by atoms with Gasteiger partial charge < -0.3 is 84.0 Å². The second kappa shape index (κ2) is 34.9. The molecule has 0 aliphatic carbocycles. The summed E-state index contributed by atoms with van der Waals surface area (Å²) in [4.78, 5) is 59.6. The fraction of sp³-hybridized carbons (Fsp3) is 0.771. The molecule has 8 N–H and O–H groups in total. The van der Waals surface area contributed by atoms with E-state index in [1.807, 2.05) is 62.4 Å². The number of likely N-dealkylation sites (N-methyl/N-ethyl adjacent to an activating group) is 1. The van der Waals surface area contributed by atoms with Gasteiger partial charge in [-0.15, -0.1) is 0 Å². The minimum atomic E-state index is -1.49. The van der Waals surface area contributed by atoms with E-state index in [1.54, 1.807) is 98.3 Å². The van der Waals surface area contributed by atoms with Crippen LogP contribution in [-0.4, -0.2) is 246 Å². The molecule has 22 heteroatoms. The quantitative estimate of drug-likeness (QED) is 0.0219. The van der Waals surface area contributed by atoms with Crippen molar-refractivity contribution in [2.45, 2.75) is 263 Å². The minimum Gasteiger partial charge on any atom is -0.457 e. The third-order valence-electron chi connectivity index (χ3n) is 19.3. The van der Waals surface area contributed by atoms with E-state index in [-0.39, 0.29) is 86.6 Å². The largest absolute Gasteiger partial charge is 0.457 e. The van der Waals surface area contributed by atoms with E-state index in [0.717, 1.165) is 26.2 Å². The molecule has 6 aliphatic rings. The summed E-state index contributed by atoms with van der Waals surface area (Å²) >= 11 is 0. The molecule has 0 saturated carbocycles. The number of carbonyl (C=O) groups excluding carboxylic acids is 4. The molecular formula is C70H116N4O18. The topological polar surface area (TPSA) is 305 Å². The molecule has 0 spiro atoms. The lowest BCUT2D eigenvalue weighted by atomic mass is 9.88. The summed E-state index contributed by atoms with van der Waals surface area (Å²) in [5, 5.41) is 86.2. The highest BCUT2D eigenvalue weighted by atomic mass is 16.6. The van der Waals surface area contributed by atoms with Crippen LogP contribution in [0.25, 0.3) is 0 Å². The van der Waals surface area contributed by atoms with Crippen molar-refractivity contribution >= 4 is 24.1 Å². The van der Waals surface area contributed by atoms with Crippen LogP contribution in [0.3, 0.4) is 0 Å². The molecule has 0 aromatic carbocycles. The number of rotatable bonds is 19. The Balaban J connectivity index is 0.000000334. The van der Waals surface area contributed by atoms with Crippen LogP contribution in [0.15, 0.2) is 71.9 Å². The first-order valence-electron chi connectivity index (χ1n) is 33.7. The Hall–Kier alpha value is -4.56. The van der Waals surface area contributed by atoms with Crippen LogP contribution >= 0.6 is 0 Å². The molecule has 2 amide bonds. The van der Waals surface area contributed by atoms with Gasteiger partial charge in [-0.3, -0.25) is 14.5 Å². The number of esters is 2. The first kappa shape index (κ1) is 78.1. The zero-order chi connectivity index (χ0) is 68.6. The standard InChI is InChI=1S/C36H60N2O9.C34H56N2O9/c1-9-28(40)26(6)33-29(45-33)22-35(7,43)15-10-11-24(4)32-25(5)12-13-30(36(8,44)16-14-27(39)21-31(41)47-32)46-34(42)38-19-17-37(18-20-38)23(2)3;1-8-26(38)24(4)31-27(43-31)21-33(5,41)14-9-10-22(2)30-23(3)11-12-28(44-32(40)36-18-16-35(7)17-19-36)34(6,42)15-13-25(37)20-29(39)45-30/h10-13,15,23,25-30,32-33,39-40,43-44H,9,14,16-22H2,1-8H3;9-12,14,23-28,30-31,37-38,41-42H,8,13,15-21H2,1-7H3/b13-12+,15-10+,24-11+;12-11+,14-9+,22-10+. The maximum atomic E-state index is 13.2. The Morgan fingerprint density at radius 2 is 1.00 bits per heavy atom. The van der Waals surface area contributed by atoms with Crippen molar-refractivity contribution in [3.8, 4) is 0 Å². The van der Waals surface area contributed by atoms with Crippen molar-refractivity contribution in [2.75, 3.05) is 59.4 Å². The second-order valence-corrected chi connectivity index (χ2v) is 28.4. The van der Waals surface area contributed by atoms with Crippen molar-refractivity contribution in [3.63, 3.8) is 0 Å². The van der Waals surface area contributed by atoms with E-state index in [1.165, 1.54) is 0 Å². The van der Waals surface area contributed by atoms with Gasteiger partial charge in [0, 0.05) is 94.9 Å². The van der Waals surface area contributed by atoms with Crippen molar-refractivity contribution in [1.82, 2.24) is 19.6 Å². The van der Waals surface area contributed by atoms with Gasteiger partial charge in [-0.05, 0) is 124 Å². The molecule has 6 rings (SSSR count). The van der Waals surface area contributed by atoms with Crippen molar-refractivity contribution in [2.24, 2.45) is 23.7 Å². The Labute approximate surface area is 547 Å². The van der Waals surface area contributed by atoms with Crippen LogP contribution in [0.1, 0.15) is 161 Å². The highest BCUT2D eigenvalue weighted by Crippen LogP contribution is 2.39. The second-order valence-electron chi connectivity index (χ2n) is 28.4. The predicted molar refractivity (Wildman–Crippen MR) is 350 cm³/mol. The summed E-state index contributed by atoms with van der Waals surface area (Å²) < 4.78 is 34.9. The lowest BCUT2D eigenvalue weighted by Crippen LogP contribution is -2.52. The number of carbonyl (C=O) groups is 4. The maximum Gasteiger partial charge on any atom is 0.410 e. The fourth-order valence-electron chi connectivity index (χ4n) is 12.4. The first-order chi connectivity index (χ1) is 43.0. The fourth-order valence-corrected chi connectivity index (χ4v) is 12.4. The molecule has 20 unspecified atom stereocenters. The van der Waals surface area contributed by atoms with Crippen LogP contribution in [-0.2, 0) is 38.0 Å². The number of aliphatic hydroxyl groups is 8. The van der Waals surface area contributed by atoms with E-state index in [0.29, 0.717) is 69.1 Å². The number of allylic oxidation sites excluding steroid dienone is 4. The van der Waals surface area contributed by atoms with Gasteiger partial charge in [0.1, 0.15) is 23.4 Å². The molecular weight excluding hydrogens is 1180 g/mol. The summed E-state index contributed by atoms with van der Waals surface area (Å²) in [7, 11) is 1.99. The van der Waals surface area contributed by atoms with Gasteiger partial charge in [-0.25, -0.2) is 9.59 Å². The van der Waals surface area contributed by atoms with Crippen LogP contribution < -0.4 is 0 Å². The number of hydrogen-bond donors (Lipinski definition) is 8. The molecule has 20 atom stereocenters. The lowest BCUT2D eigenvalue weighted by Gasteiger charge is -2.38. The van der Waals surface area contributed by atoms with E-state index in [2.05, 4.69) is 23.6 Å². The Morgan fingerprint density at radius 3 is 1.35 bits per heavy atom. The number of piperazine rings is 2. The predicted octanol–water partition coefficient (Wildman–Crippen LogP) is 6.69. The number of cyclic esters (lactones) is 2. The van der Waals surface area contributed by atoms with E-state index in [9.17, 15) is 60.0 Å². The molecule has 4 saturated heterocycles. The summed E-state index contributed by atoms with van der Waals surface area (Å²) in [6.07, 6.45) is 11.4. The number of aliphatic hydroxyl groups excluding tert-OH is 4. The van der Waals surface area contributed by atoms with Crippen molar-refractivity contribution < 1.29 is 88.5 Å². The number of ether oxygens (including phenoxy) is 6. The monoisotopic (exact) mass is 1300 g/mol. The highest BCUT2D eigenvalue weighted by Gasteiger charge is 2.49. The average molecular weight is 1300 g/mol. The van der Waals surface area contributed by atoms with Crippen LogP contribution in [0.5, 0.6) is 0 Å². The summed E-state index contributed by atoms with van der Waals surface area (Å²) in [5.74, 6) is -1.89. The Kier molecular flexibility index (Phi) is 29.7. The van der Waals surface area contributed by atoms with Crippen LogP contribution in [0.2, 0.25) is 0 Å². The summed E-state index contributed by atoms with van der Waals surface area (Å²) in [5.41, 5.74) is -3.86. The van der Waals surface area contributed by atoms with E-state index >= 15 is 0 Å². The summed E-state index contributed by atoms with van der Waals surface area (Å²) in [6, 6.07) is 0.388. The van der Waals surface area contributed by atoms with Crippen LogP contribution in [0.4, 0.5) is 9.59 Å². The molecule has 4 fully saturated rings. The number of amides is 2.